The highest BCUT2D eigenvalue weighted by Crippen LogP contribution is 2.37. The third kappa shape index (κ3) is 5.30. The summed E-state index contributed by atoms with van der Waals surface area (Å²) in [6.45, 7) is 2.25. The van der Waals surface area contributed by atoms with Gasteiger partial charge in [-0.15, -0.1) is 0 Å². The highest BCUT2D eigenvalue weighted by Gasteiger charge is 2.26. The van der Waals surface area contributed by atoms with Crippen LogP contribution in [0, 0.1) is 0 Å². The highest BCUT2D eigenvalue weighted by molar-refractivity contribution is 9.10. The maximum atomic E-state index is 10.3. The molecule has 3 heteroatoms. The van der Waals surface area contributed by atoms with E-state index in [9.17, 15) is 5.11 Å². The summed E-state index contributed by atoms with van der Waals surface area (Å²) < 4.78 is 7.02. The third-order valence-corrected chi connectivity index (χ3v) is 4.73. The average molecular weight is 355 g/mol. The minimum absolute atomic E-state index is 0.171. The Bertz CT molecular complexity index is 433. The number of hydrogen-bond acceptors (Lipinski definition) is 2. The average Bonchev–Trinajstić information content (AvgIpc) is 2.47. The van der Waals surface area contributed by atoms with Crippen LogP contribution < -0.4 is 4.74 Å². The maximum Gasteiger partial charge on any atom is 0.125 e. The first kappa shape index (κ1) is 16.8. The lowest BCUT2D eigenvalue weighted by molar-refractivity contribution is 0.0604. The van der Waals surface area contributed by atoms with Crippen LogP contribution in [0.1, 0.15) is 76.4 Å². The van der Waals surface area contributed by atoms with Crippen molar-refractivity contribution in [1.82, 2.24) is 0 Å². The van der Waals surface area contributed by atoms with Crippen LogP contribution in [0.3, 0.4) is 0 Å². The lowest BCUT2D eigenvalue weighted by atomic mass is 9.96. The largest absolute Gasteiger partial charge is 0.490 e. The fourth-order valence-corrected chi connectivity index (χ4v) is 3.38. The van der Waals surface area contributed by atoms with Crippen LogP contribution >= 0.6 is 15.9 Å². The fourth-order valence-electron chi connectivity index (χ4n) is 3.00. The van der Waals surface area contributed by atoms with Crippen molar-refractivity contribution in [3.8, 4) is 5.75 Å². The molecule has 1 aromatic rings. The lowest BCUT2D eigenvalue weighted by Gasteiger charge is -2.29. The van der Waals surface area contributed by atoms with E-state index in [0.29, 0.717) is 0 Å². The van der Waals surface area contributed by atoms with E-state index in [-0.39, 0.29) is 12.2 Å². The molecule has 1 aliphatic rings. The molecule has 1 N–H and O–H groups in total. The predicted octanol–water partition coefficient (Wildman–Crippen LogP) is 5.77. The fraction of sp³-hybridized carbons (Fsp3) is 0.667. The van der Waals surface area contributed by atoms with E-state index < -0.39 is 0 Å². The van der Waals surface area contributed by atoms with Gasteiger partial charge in [0.2, 0.25) is 0 Å². The van der Waals surface area contributed by atoms with Crippen LogP contribution in [-0.2, 0) is 0 Å². The van der Waals surface area contributed by atoms with Crippen molar-refractivity contribution >= 4 is 15.9 Å². The van der Waals surface area contributed by atoms with E-state index in [2.05, 4.69) is 22.9 Å². The van der Waals surface area contributed by atoms with Crippen molar-refractivity contribution in [3.05, 3.63) is 28.2 Å². The second-order valence-electron chi connectivity index (χ2n) is 6.08. The molecule has 0 aliphatic carbocycles. The Morgan fingerprint density at radius 2 is 1.86 bits per heavy atom. The number of unbranched alkanes of at least 4 members (excludes halogenated alkanes) is 6. The second kappa shape index (κ2) is 8.79. The van der Waals surface area contributed by atoms with Gasteiger partial charge in [-0.2, -0.15) is 0 Å². The normalized spacial score (nSPS) is 20.9. The Morgan fingerprint density at radius 3 is 2.62 bits per heavy atom. The predicted molar refractivity (Wildman–Crippen MR) is 90.7 cm³/mol. The van der Waals surface area contributed by atoms with E-state index in [1.165, 1.54) is 44.9 Å². The van der Waals surface area contributed by atoms with E-state index in [1.807, 2.05) is 18.2 Å². The molecular weight excluding hydrogens is 328 g/mol. The van der Waals surface area contributed by atoms with Gasteiger partial charge < -0.3 is 9.84 Å². The summed E-state index contributed by atoms with van der Waals surface area (Å²) in [7, 11) is 0. The summed E-state index contributed by atoms with van der Waals surface area (Å²) in [4.78, 5) is 0. The number of aliphatic hydroxyl groups excluding tert-OH is 1. The van der Waals surface area contributed by atoms with Crippen molar-refractivity contribution in [2.75, 3.05) is 0 Å². The van der Waals surface area contributed by atoms with Crippen LogP contribution in [-0.4, -0.2) is 11.2 Å². The molecule has 0 saturated heterocycles. The Labute approximate surface area is 137 Å². The zero-order valence-corrected chi connectivity index (χ0v) is 14.6. The molecule has 118 valence electrons. The van der Waals surface area contributed by atoms with Gasteiger partial charge in [0.25, 0.3) is 0 Å². The molecule has 1 unspecified atom stereocenters. The smallest absolute Gasteiger partial charge is 0.125 e. The first-order valence-electron chi connectivity index (χ1n) is 8.35. The molecule has 2 atom stereocenters. The van der Waals surface area contributed by atoms with Gasteiger partial charge in [-0.25, -0.2) is 0 Å². The topological polar surface area (TPSA) is 29.5 Å². The first-order chi connectivity index (χ1) is 10.2. The second-order valence-corrected chi connectivity index (χ2v) is 7.00. The van der Waals surface area contributed by atoms with E-state index in [1.54, 1.807) is 0 Å². The molecule has 0 bridgehead atoms. The zero-order valence-electron chi connectivity index (χ0n) is 13.0. The number of rotatable bonds is 8. The van der Waals surface area contributed by atoms with Crippen molar-refractivity contribution in [2.24, 2.45) is 0 Å². The maximum absolute atomic E-state index is 10.3. The molecule has 1 aliphatic heterocycles. The number of halogens is 1. The van der Waals surface area contributed by atoms with Gasteiger partial charge in [0.05, 0.1) is 6.10 Å². The minimum Gasteiger partial charge on any atom is -0.490 e. The number of hydrogen-bond donors (Lipinski definition) is 1. The SMILES string of the molecule is CCCCCCCCCC1C[C@@H](O)c2cc(Br)ccc2O1. The Hall–Kier alpha value is -0.540. The van der Waals surface area contributed by atoms with Crippen LogP contribution in [0.15, 0.2) is 22.7 Å². The number of aliphatic hydroxyl groups is 1. The summed E-state index contributed by atoms with van der Waals surface area (Å²) in [6.07, 6.45) is 10.8. The summed E-state index contributed by atoms with van der Waals surface area (Å²) in [5.41, 5.74) is 0.917. The van der Waals surface area contributed by atoms with Gasteiger partial charge >= 0.3 is 0 Å². The molecule has 0 fully saturated rings. The van der Waals surface area contributed by atoms with Crippen LogP contribution in [0.5, 0.6) is 5.75 Å². The van der Waals surface area contributed by atoms with Crippen molar-refractivity contribution in [3.63, 3.8) is 0 Å². The van der Waals surface area contributed by atoms with Gasteiger partial charge in [-0.3, -0.25) is 0 Å². The van der Waals surface area contributed by atoms with Gasteiger partial charge in [0.15, 0.2) is 0 Å². The number of benzene rings is 1. The van der Waals surface area contributed by atoms with Crippen LogP contribution in [0.25, 0.3) is 0 Å². The third-order valence-electron chi connectivity index (χ3n) is 4.24. The number of ether oxygens (including phenoxy) is 1. The molecule has 2 nitrogen and oxygen atoms in total. The van der Waals surface area contributed by atoms with Crippen LogP contribution in [0.4, 0.5) is 0 Å². The van der Waals surface area contributed by atoms with Gasteiger partial charge in [0, 0.05) is 16.5 Å². The summed E-state index contributed by atoms with van der Waals surface area (Å²) in [5, 5.41) is 10.3. The highest BCUT2D eigenvalue weighted by atomic mass is 79.9. The zero-order chi connectivity index (χ0) is 15.1. The Balaban J connectivity index is 1.70. The summed E-state index contributed by atoms with van der Waals surface area (Å²) in [6, 6.07) is 5.89. The lowest BCUT2D eigenvalue weighted by Crippen LogP contribution is -2.25. The molecule has 0 amide bonds. The van der Waals surface area contributed by atoms with Gasteiger partial charge in [-0.1, -0.05) is 61.4 Å². The van der Waals surface area contributed by atoms with Crippen molar-refractivity contribution < 1.29 is 9.84 Å². The molecule has 0 saturated carbocycles. The standard InChI is InChI=1S/C18H27BrO2/c1-2-3-4-5-6-7-8-9-15-13-17(20)16-12-14(19)10-11-18(16)21-15/h10-12,15,17,20H,2-9,13H2,1H3/t15?,17-/m1/s1. The molecule has 0 aromatic heterocycles. The molecule has 1 heterocycles. The van der Waals surface area contributed by atoms with Crippen molar-refractivity contribution in [1.29, 1.82) is 0 Å². The Morgan fingerprint density at radius 1 is 1.14 bits per heavy atom. The molecular formula is C18H27BrO2. The molecule has 1 aromatic carbocycles. The van der Waals surface area contributed by atoms with Crippen LogP contribution in [0.2, 0.25) is 0 Å². The minimum atomic E-state index is -0.388. The van der Waals surface area contributed by atoms with E-state index in [0.717, 1.165) is 28.6 Å². The quantitative estimate of drug-likeness (QED) is 0.600. The van der Waals surface area contributed by atoms with E-state index >= 15 is 0 Å². The van der Waals surface area contributed by atoms with E-state index in [4.69, 9.17) is 4.74 Å². The first-order valence-corrected chi connectivity index (χ1v) is 9.14. The molecule has 0 radical (unpaired) electrons. The summed E-state index contributed by atoms with van der Waals surface area (Å²) >= 11 is 3.44. The Kier molecular flexibility index (Phi) is 7.05. The monoisotopic (exact) mass is 354 g/mol. The molecule has 2 rings (SSSR count). The molecule has 21 heavy (non-hydrogen) atoms. The number of fused-ring (bicyclic) bond motifs is 1. The molecule has 0 spiro atoms. The van der Waals surface area contributed by atoms with Gasteiger partial charge in [0.1, 0.15) is 11.9 Å². The van der Waals surface area contributed by atoms with Crippen molar-refractivity contribution in [2.45, 2.75) is 76.9 Å². The summed E-state index contributed by atoms with van der Waals surface area (Å²) in [5.74, 6) is 0.852. The van der Waals surface area contributed by atoms with Gasteiger partial charge in [-0.05, 0) is 31.0 Å².